The Kier molecular flexibility index (Phi) is 6.25. The van der Waals surface area contributed by atoms with Crippen LogP contribution in [0.2, 0.25) is 0 Å². The quantitative estimate of drug-likeness (QED) is 0.388. The molecule has 0 aliphatic carbocycles. The summed E-state index contributed by atoms with van der Waals surface area (Å²) in [4.78, 5) is 45.4. The van der Waals surface area contributed by atoms with Gasteiger partial charge in [0.1, 0.15) is 24.2 Å². The first-order valence-electron chi connectivity index (χ1n) is 14.0. The number of hydrogen-bond acceptors (Lipinski definition) is 6. The van der Waals surface area contributed by atoms with Crippen molar-refractivity contribution in [1.29, 1.82) is 0 Å². The van der Waals surface area contributed by atoms with Crippen molar-refractivity contribution < 1.29 is 29.0 Å². The Bertz CT molecular complexity index is 1580. The third kappa shape index (κ3) is 4.01. The van der Waals surface area contributed by atoms with E-state index >= 15 is 0 Å². The monoisotopic (exact) mass is 550 g/mol. The molecule has 3 aromatic rings. The standard InChI is InChI=1S/C33H30N2O6/c36-20-25(18-21-8-2-1-3-9-21)35-29-31(38)34(24-14-13-22-10-4-5-11-23(22)19-24)16-7-15-33(29)28(30(35)37)27-26(41-33)12-6-17-40-32(27)39/h1-15,19,25-29,36H,16-18,20H2/t25-,26-,27+,28+,29?,33+/m1/s1. The van der Waals surface area contributed by atoms with Gasteiger partial charge in [-0.3, -0.25) is 14.4 Å². The number of benzene rings is 3. The maximum Gasteiger partial charge on any atom is 0.313 e. The zero-order chi connectivity index (χ0) is 28.1. The Morgan fingerprint density at radius 3 is 2.51 bits per heavy atom. The number of aliphatic hydroxyl groups is 1. The summed E-state index contributed by atoms with van der Waals surface area (Å²) in [5, 5.41) is 12.7. The molecule has 1 spiro atoms. The van der Waals surface area contributed by atoms with Crippen molar-refractivity contribution in [2.45, 2.75) is 30.2 Å². The lowest BCUT2D eigenvalue weighted by molar-refractivity contribution is -0.153. The number of esters is 1. The molecule has 0 aromatic heterocycles. The first-order valence-corrected chi connectivity index (χ1v) is 14.0. The van der Waals surface area contributed by atoms with Crippen molar-refractivity contribution in [2.75, 3.05) is 24.7 Å². The maximum absolute atomic E-state index is 14.7. The van der Waals surface area contributed by atoms with Gasteiger partial charge in [-0.15, -0.1) is 0 Å². The SMILES string of the molecule is O=C1OCC=C[C@H]2O[C@]34C=CCN(c5ccc6ccccc6c5)C(=O)C3N([C@@H](CO)Cc3ccccc3)C(=O)[C@@H]4[C@@H]12. The van der Waals surface area contributed by atoms with E-state index in [0.717, 1.165) is 16.3 Å². The second kappa shape index (κ2) is 9.98. The molecule has 4 heterocycles. The molecule has 3 aromatic carbocycles. The first-order chi connectivity index (χ1) is 20.0. The number of rotatable bonds is 5. The summed E-state index contributed by atoms with van der Waals surface area (Å²) in [6.07, 6.45) is 6.76. The van der Waals surface area contributed by atoms with Crippen molar-refractivity contribution >= 4 is 34.2 Å². The fourth-order valence-electron chi connectivity index (χ4n) is 7.02. The van der Waals surface area contributed by atoms with E-state index in [1.807, 2.05) is 78.9 Å². The molecule has 1 N–H and O–H groups in total. The number of anilines is 1. The summed E-state index contributed by atoms with van der Waals surface area (Å²) >= 11 is 0. The number of carbonyl (C=O) groups is 3. The van der Waals surface area contributed by atoms with Crippen LogP contribution in [0, 0.1) is 11.8 Å². The van der Waals surface area contributed by atoms with E-state index in [4.69, 9.17) is 9.47 Å². The lowest BCUT2D eigenvalue weighted by Crippen LogP contribution is -2.58. The number of ether oxygens (including phenoxy) is 2. The Morgan fingerprint density at radius 2 is 1.71 bits per heavy atom. The zero-order valence-electron chi connectivity index (χ0n) is 22.3. The van der Waals surface area contributed by atoms with Gasteiger partial charge in [0.15, 0.2) is 0 Å². The van der Waals surface area contributed by atoms with E-state index in [0.29, 0.717) is 12.1 Å². The lowest BCUT2D eigenvalue weighted by Gasteiger charge is -2.38. The molecule has 0 bridgehead atoms. The van der Waals surface area contributed by atoms with E-state index in [-0.39, 0.29) is 31.6 Å². The minimum atomic E-state index is -1.39. The molecule has 2 amide bonds. The van der Waals surface area contributed by atoms with Gasteiger partial charge >= 0.3 is 5.97 Å². The average Bonchev–Trinajstić information content (AvgIpc) is 3.30. The van der Waals surface area contributed by atoms with E-state index < -0.39 is 41.6 Å². The summed E-state index contributed by atoms with van der Waals surface area (Å²) in [6.45, 7) is 0.0189. The van der Waals surface area contributed by atoms with E-state index in [1.54, 1.807) is 23.1 Å². The van der Waals surface area contributed by atoms with Crippen molar-refractivity contribution in [1.82, 2.24) is 4.90 Å². The normalized spacial score (nSPS) is 29.5. The van der Waals surface area contributed by atoms with Crippen LogP contribution in [0.3, 0.4) is 0 Å². The van der Waals surface area contributed by atoms with Crippen LogP contribution in [-0.2, 0) is 30.3 Å². The summed E-state index contributed by atoms with van der Waals surface area (Å²) < 4.78 is 12.0. The highest BCUT2D eigenvalue weighted by Gasteiger charge is 2.72. The third-order valence-electron chi connectivity index (χ3n) is 8.81. The highest BCUT2D eigenvalue weighted by molar-refractivity contribution is 6.06. The van der Waals surface area contributed by atoms with E-state index in [2.05, 4.69) is 0 Å². The van der Waals surface area contributed by atoms with Crippen molar-refractivity contribution in [3.8, 4) is 0 Å². The van der Waals surface area contributed by atoms with Crippen LogP contribution in [0.25, 0.3) is 10.8 Å². The summed E-state index contributed by atoms with van der Waals surface area (Å²) in [6, 6.07) is 21.5. The Hall–Kier alpha value is -4.27. The molecule has 208 valence electrons. The molecule has 41 heavy (non-hydrogen) atoms. The molecule has 8 heteroatoms. The minimum Gasteiger partial charge on any atom is -0.461 e. The number of cyclic esters (lactones) is 1. The predicted octanol–water partition coefficient (Wildman–Crippen LogP) is 3.04. The van der Waals surface area contributed by atoms with Gasteiger partial charge in [0.25, 0.3) is 5.91 Å². The van der Waals surface area contributed by atoms with Gasteiger partial charge in [0.2, 0.25) is 5.91 Å². The highest BCUT2D eigenvalue weighted by atomic mass is 16.6. The van der Waals surface area contributed by atoms with Gasteiger partial charge in [-0.05, 0) is 41.0 Å². The predicted molar refractivity (Wildman–Crippen MR) is 152 cm³/mol. The topological polar surface area (TPSA) is 96.4 Å². The number of likely N-dealkylation sites (tertiary alicyclic amines) is 1. The fraction of sp³-hybridized carbons (Fsp3) is 0.303. The maximum atomic E-state index is 14.7. The number of hydrogen-bond donors (Lipinski definition) is 1. The van der Waals surface area contributed by atoms with Crippen molar-refractivity contribution in [3.05, 3.63) is 103 Å². The van der Waals surface area contributed by atoms with Crippen LogP contribution in [0.4, 0.5) is 5.69 Å². The van der Waals surface area contributed by atoms with Gasteiger partial charge in [-0.25, -0.2) is 0 Å². The molecule has 2 fully saturated rings. The third-order valence-corrected chi connectivity index (χ3v) is 8.81. The van der Waals surface area contributed by atoms with Gasteiger partial charge in [0.05, 0.1) is 24.7 Å². The molecular weight excluding hydrogens is 520 g/mol. The Morgan fingerprint density at radius 1 is 0.927 bits per heavy atom. The summed E-state index contributed by atoms with van der Waals surface area (Å²) in [5.74, 6) is -3.08. The zero-order valence-corrected chi connectivity index (χ0v) is 22.3. The Labute approximate surface area is 237 Å². The number of fused-ring (bicyclic) bond motifs is 3. The number of carbonyl (C=O) groups excluding carboxylic acids is 3. The fourth-order valence-corrected chi connectivity index (χ4v) is 7.02. The summed E-state index contributed by atoms with van der Waals surface area (Å²) in [5.41, 5.74) is 0.227. The van der Waals surface area contributed by atoms with Crippen molar-refractivity contribution in [2.24, 2.45) is 11.8 Å². The van der Waals surface area contributed by atoms with Gasteiger partial charge < -0.3 is 24.4 Å². The number of amides is 2. The van der Waals surface area contributed by atoms with Crippen LogP contribution < -0.4 is 4.90 Å². The van der Waals surface area contributed by atoms with Crippen LogP contribution >= 0.6 is 0 Å². The van der Waals surface area contributed by atoms with Crippen molar-refractivity contribution in [3.63, 3.8) is 0 Å². The lowest BCUT2D eigenvalue weighted by atomic mass is 9.78. The van der Waals surface area contributed by atoms with Gasteiger partial charge in [0, 0.05) is 12.2 Å². The van der Waals surface area contributed by atoms with Crippen LogP contribution in [0.5, 0.6) is 0 Å². The number of aliphatic hydroxyl groups excluding tert-OH is 1. The molecule has 0 saturated carbocycles. The molecular formula is C33H30N2O6. The largest absolute Gasteiger partial charge is 0.461 e. The van der Waals surface area contributed by atoms with Gasteiger partial charge in [-0.2, -0.15) is 0 Å². The Balaban J connectivity index is 1.35. The van der Waals surface area contributed by atoms with E-state index in [1.165, 1.54) is 4.90 Å². The second-order valence-corrected chi connectivity index (χ2v) is 11.1. The smallest absolute Gasteiger partial charge is 0.313 e. The average molecular weight is 551 g/mol. The second-order valence-electron chi connectivity index (χ2n) is 11.1. The van der Waals surface area contributed by atoms with Gasteiger partial charge in [-0.1, -0.05) is 78.9 Å². The summed E-state index contributed by atoms with van der Waals surface area (Å²) in [7, 11) is 0. The van der Waals surface area contributed by atoms with Crippen LogP contribution in [-0.4, -0.2) is 71.3 Å². The highest BCUT2D eigenvalue weighted by Crippen LogP contribution is 2.54. The minimum absolute atomic E-state index is 0.105. The molecule has 4 aliphatic heterocycles. The van der Waals surface area contributed by atoms with Crippen LogP contribution in [0.1, 0.15) is 5.56 Å². The molecule has 1 unspecified atom stereocenters. The molecule has 7 rings (SSSR count). The van der Waals surface area contributed by atoms with E-state index in [9.17, 15) is 19.5 Å². The molecule has 2 saturated heterocycles. The molecule has 4 aliphatic rings. The molecule has 8 nitrogen and oxygen atoms in total. The number of nitrogens with zero attached hydrogens (tertiary/aromatic N) is 2. The first kappa shape index (κ1) is 25.7. The van der Waals surface area contributed by atoms with Crippen LogP contribution in [0.15, 0.2) is 97.1 Å². The molecule has 6 atom stereocenters. The molecule has 0 radical (unpaired) electrons.